The lowest BCUT2D eigenvalue weighted by atomic mass is 10.1. The Labute approximate surface area is 136 Å². The smallest absolute Gasteiger partial charge is 0.345 e. The van der Waals surface area contributed by atoms with Gasteiger partial charge >= 0.3 is 5.97 Å². The average molecular weight is 397 g/mol. The molecule has 0 spiro atoms. The molecule has 2 heterocycles. The van der Waals surface area contributed by atoms with Crippen LogP contribution in [0.4, 0.5) is 0 Å². The van der Waals surface area contributed by atoms with Crippen LogP contribution >= 0.6 is 27.3 Å². The fourth-order valence-corrected chi connectivity index (χ4v) is 6.19. The van der Waals surface area contributed by atoms with E-state index in [1.165, 1.54) is 10.4 Å². The maximum Gasteiger partial charge on any atom is 0.345 e. The maximum absolute atomic E-state index is 12.6. The minimum Gasteiger partial charge on any atom is -0.477 e. The Balaban J connectivity index is 2.21. The Morgan fingerprint density at radius 2 is 2.00 bits per heavy atom. The largest absolute Gasteiger partial charge is 0.477 e. The molecule has 1 aromatic rings. The molecule has 0 unspecified atom stereocenters. The van der Waals surface area contributed by atoms with Crippen molar-refractivity contribution in [2.24, 2.45) is 0 Å². The van der Waals surface area contributed by atoms with Gasteiger partial charge in [-0.15, -0.1) is 11.3 Å². The summed E-state index contributed by atoms with van der Waals surface area (Å²) in [4.78, 5) is 13.1. The lowest BCUT2D eigenvalue weighted by molar-refractivity contribution is 0.0702. The summed E-state index contributed by atoms with van der Waals surface area (Å²) in [6.07, 6.45) is 1.56. The van der Waals surface area contributed by atoms with Crippen LogP contribution in [-0.2, 0) is 10.0 Å². The zero-order valence-corrected chi connectivity index (χ0v) is 15.0. The minimum atomic E-state index is -3.64. The van der Waals surface area contributed by atoms with Crippen molar-refractivity contribution in [2.45, 2.75) is 23.8 Å². The van der Waals surface area contributed by atoms with Gasteiger partial charge in [0.15, 0.2) is 0 Å². The van der Waals surface area contributed by atoms with Crippen LogP contribution in [0.15, 0.2) is 14.7 Å². The van der Waals surface area contributed by atoms with Crippen molar-refractivity contribution in [3.05, 3.63) is 14.7 Å². The van der Waals surface area contributed by atoms with Crippen LogP contribution in [0.25, 0.3) is 0 Å². The Morgan fingerprint density at radius 3 is 2.43 bits per heavy atom. The Hall–Kier alpha value is -0.480. The minimum absolute atomic E-state index is 0.0172. The molecule has 118 valence electrons. The summed E-state index contributed by atoms with van der Waals surface area (Å²) in [5.74, 6) is -1.12. The first kappa shape index (κ1) is 16.9. The quantitative estimate of drug-likeness (QED) is 0.840. The molecule has 0 bridgehead atoms. The van der Waals surface area contributed by atoms with Gasteiger partial charge in [-0.2, -0.15) is 4.31 Å². The summed E-state index contributed by atoms with van der Waals surface area (Å²) < 4.78 is 27.0. The molecule has 0 atom stereocenters. The van der Waals surface area contributed by atoms with Gasteiger partial charge in [-0.1, -0.05) is 0 Å². The standard InChI is InChI=1S/C12H17BrN2O4S2/c1-14(2)8-3-5-15(6-4-8)21(18,19)10-7-9(12(16)17)20-11(10)13/h7-8H,3-6H2,1-2H3,(H,16,17). The van der Waals surface area contributed by atoms with Gasteiger partial charge in [0, 0.05) is 19.1 Å². The highest BCUT2D eigenvalue weighted by atomic mass is 79.9. The average Bonchev–Trinajstić information content (AvgIpc) is 2.82. The molecule has 0 radical (unpaired) electrons. The number of halogens is 1. The molecule has 1 aliphatic rings. The predicted molar refractivity (Wildman–Crippen MR) is 84.4 cm³/mol. The third kappa shape index (κ3) is 3.48. The van der Waals surface area contributed by atoms with Crippen molar-refractivity contribution < 1.29 is 18.3 Å². The van der Waals surface area contributed by atoms with Crippen LogP contribution in [0, 0.1) is 0 Å². The molecule has 1 aliphatic heterocycles. The third-order valence-electron chi connectivity index (χ3n) is 3.64. The zero-order valence-electron chi connectivity index (χ0n) is 11.7. The second-order valence-corrected chi connectivity index (χ2v) is 9.43. The van der Waals surface area contributed by atoms with E-state index >= 15 is 0 Å². The fraction of sp³-hybridized carbons (Fsp3) is 0.583. The number of carboxylic acids is 1. The highest BCUT2D eigenvalue weighted by Crippen LogP contribution is 2.34. The summed E-state index contributed by atoms with van der Waals surface area (Å²) in [7, 11) is 0.340. The molecule has 0 saturated carbocycles. The first-order chi connectivity index (χ1) is 9.73. The van der Waals surface area contributed by atoms with E-state index in [0.717, 1.165) is 24.2 Å². The number of nitrogens with zero attached hydrogens (tertiary/aromatic N) is 2. The van der Waals surface area contributed by atoms with Crippen molar-refractivity contribution in [3.8, 4) is 0 Å². The van der Waals surface area contributed by atoms with Gasteiger partial charge in [0.25, 0.3) is 0 Å². The fourth-order valence-electron chi connectivity index (χ4n) is 2.37. The summed E-state index contributed by atoms with van der Waals surface area (Å²) in [5, 5.41) is 8.97. The number of piperidine rings is 1. The summed E-state index contributed by atoms with van der Waals surface area (Å²) in [6.45, 7) is 0.908. The number of rotatable bonds is 4. The molecule has 1 aromatic heterocycles. The lowest BCUT2D eigenvalue weighted by Crippen LogP contribution is -2.44. The van der Waals surface area contributed by atoms with Gasteiger partial charge in [-0.05, 0) is 48.9 Å². The highest BCUT2D eigenvalue weighted by molar-refractivity contribution is 9.11. The van der Waals surface area contributed by atoms with Crippen molar-refractivity contribution in [1.29, 1.82) is 0 Å². The molecule has 1 fully saturated rings. The van der Waals surface area contributed by atoms with E-state index in [1.54, 1.807) is 0 Å². The molecular formula is C12H17BrN2O4S2. The van der Waals surface area contributed by atoms with Crippen molar-refractivity contribution in [1.82, 2.24) is 9.21 Å². The van der Waals surface area contributed by atoms with Crippen LogP contribution in [0.1, 0.15) is 22.5 Å². The van der Waals surface area contributed by atoms with Crippen molar-refractivity contribution in [2.75, 3.05) is 27.2 Å². The number of carbonyl (C=O) groups is 1. The van der Waals surface area contributed by atoms with E-state index in [-0.39, 0.29) is 9.77 Å². The second kappa shape index (κ2) is 6.33. The Morgan fingerprint density at radius 1 is 1.43 bits per heavy atom. The van der Waals surface area contributed by atoms with Crippen LogP contribution in [0.5, 0.6) is 0 Å². The molecular weight excluding hydrogens is 380 g/mol. The molecule has 6 nitrogen and oxygen atoms in total. The number of thiophene rings is 1. The monoisotopic (exact) mass is 396 g/mol. The molecule has 0 aromatic carbocycles. The van der Waals surface area contributed by atoms with Crippen LogP contribution < -0.4 is 0 Å². The van der Waals surface area contributed by atoms with Crippen LogP contribution in [0.2, 0.25) is 0 Å². The normalized spacial score (nSPS) is 18.3. The maximum atomic E-state index is 12.6. The summed E-state index contributed by atoms with van der Waals surface area (Å²) >= 11 is 4.09. The number of hydrogen-bond donors (Lipinski definition) is 1. The van der Waals surface area contributed by atoms with Crippen molar-refractivity contribution in [3.63, 3.8) is 0 Å². The Bertz CT molecular complexity index is 634. The van der Waals surface area contributed by atoms with Gasteiger partial charge in [0.1, 0.15) is 9.77 Å². The molecule has 0 amide bonds. The summed E-state index contributed by atoms with van der Waals surface area (Å²) in [5.41, 5.74) is 0. The highest BCUT2D eigenvalue weighted by Gasteiger charge is 2.33. The number of sulfonamides is 1. The molecule has 21 heavy (non-hydrogen) atoms. The topological polar surface area (TPSA) is 77.9 Å². The van der Waals surface area contributed by atoms with E-state index in [1.807, 2.05) is 14.1 Å². The second-order valence-electron chi connectivity index (χ2n) is 5.15. The predicted octanol–water partition coefficient (Wildman–Crippen LogP) is 1.92. The first-order valence-electron chi connectivity index (χ1n) is 6.42. The zero-order chi connectivity index (χ0) is 15.8. The van der Waals surface area contributed by atoms with Crippen molar-refractivity contribution >= 4 is 43.3 Å². The van der Waals surface area contributed by atoms with Gasteiger partial charge in [-0.3, -0.25) is 0 Å². The van der Waals surface area contributed by atoms with Crippen LogP contribution in [0.3, 0.4) is 0 Å². The van der Waals surface area contributed by atoms with E-state index in [0.29, 0.717) is 22.9 Å². The van der Waals surface area contributed by atoms with E-state index in [2.05, 4.69) is 20.8 Å². The van der Waals surface area contributed by atoms with Crippen LogP contribution in [-0.4, -0.2) is 61.9 Å². The lowest BCUT2D eigenvalue weighted by Gasteiger charge is -2.34. The number of hydrogen-bond acceptors (Lipinski definition) is 5. The summed E-state index contributed by atoms with van der Waals surface area (Å²) in [6, 6.07) is 1.61. The van der Waals surface area contributed by atoms with E-state index in [4.69, 9.17) is 5.11 Å². The van der Waals surface area contributed by atoms with Gasteiger partial charge < -0.3 is 10.0 Å². The molecule has 2 rings (SSSR count). The number of aromatic carboxylic acids is 1. The number of carboxylic acid groups (broad SMARTS) is 1. The molecule has 9 heteroatoms. The van der Waals surface area contributed by atoms with Gasteiger partial charge in [-0.25, -0.2) is 13.2 Å². The first-order valence-corrected chi connectivity index (χ1v) is 9.47. The van der Waals surface area contributed by atoms with E-state index in [9.17, 15) is 13.2 Å². The molecule has 1 N–H and O–H groups in total. The SMILES string of the molecule is CN(C)C1CCN(S(=O)(=O)c2cc(C(=O)O)sc2Br)CC1. The van der Waals surface area contributed by atoms with Gasteiger partial charge in [0.2, 0.25) is 10.0 Å². The molecule has 0 aliphatic carbocycles. The Kier molecular flexibility index (Phi) is 5.09. The third-order valence-corrected chi connectivity index (χ3v) is 7.78. The van der Waals surface area contributed by atoms with E-state index < -0.39 is 16.0 Å². The van der Waals surface area contributed by atoms with Gasteiger partial charge in [0.05, 0.1) is 3.79 Å². The molecule has 1 saturated heterocycles.